The monoisotopic (exact) mass is 248 g/mol. The largest absolute Gasteiger partial charge is 0.205 e. The van der Waals surface area contributed by atoms with Crippen molar-refractivity contribution in [3.63, 3.8) is 0 Å². The maximum absolute atomic E-state index is 2.34. The molecule has 0 aliphatic heterocycles. The van der Waals surface area contributed by atoms with Crippen LogP contribution in [0.2, 0.25) is 0 Å². The molecule has 1 unspecified atom stereocenters. The SMILES string of the molecule is CCCC[n+]1ccc(C(CC(C)C)C(C)C)cc1. The van der Waals surface area contributed by atoms with Gasteiger partial charge in [-0.3, -0.25) is 0 Å². The molecule has 1 atom stereocenters. The van der Waals surface area contributed by atoms with Crippen LogP contribution in [0.15, 0.2) is 24.5 Å². The van der Waals surface area contributed by atoms with E-state index in [2.05, 4.69) is 63.7 Å². The molecule has 1 nitrogen and oxygen atoms in total. The molecule has 18 heavy (non-hydrogen) atoms. The molecule has 1 heterocycles. The molecular weight excluding hydrogens is 218 g/mol. The van der Waals surface area contributed by atoms with Gasteiger partial charge in [0.15, 0.2) is 12.4 Å². The predicted molar refractivity (Wildman–Crippen MR) is 78.6 cm³/mol. The predicted octanol–water partition coefficient (Wildman–Crippen LogP) is 4.56. The van der Waals surface area contributed by atoms with Gasteiger partial charge < -0.3 is 0 Å². The number of pyridine rings is 1. The molecule has 1 aromatic heterocycles. The number of unbranched alkanes of at least 4 members (excludes halogenated alkanes) is 1. The van der Waals surface area contributed by atoms with Crippen LogP contribution in [0.3, 0.4) is 0 Å². The molecule has 1 rings (SSSR count). The highest BCUT2D eigenvalue weighted by Gasteiger charge is 2.18. The average Bonchev–Trinajstić information content (AvgIpc) is 2.34. The maximum atomic E-state index is 2.34. The average molecular weight is 248 g/mol. The van der Waals surface area contributed by atoms with E-state index in [1.807, 2.05) is 0 Å². The zero-order chi connectivity index (χ0) is 13.5. The van der Waals surface area contributed by atoms with Crippen LogP contribution in [0.25, 0.3) is 0 Å². The lowest BCUT2D eigenvalue weighted by Gasteiger charge is -2.22. The van der Waals surface area contributed by atoms with E-state index >= 15 is 0 Å². The summed E-state index contributed by atoms with van der Waals surface area (Å²) < 4.78 is 2.31. The highest BCUT2D eigenvalue weighted by Crippen LogP contribution is 2.30. The second-order valence-corrected chi connectivity index (χ2v) is 6.20. The van der Waals surface area contributed by atoms with E-state index in [1.54, 1.807) is 0 Å². The van der Waals surface area contributed by atoms with E-state index in [1.165, 1.54) is 24.8 Å². The summed E-state index contributed by atoms with van der Waals surface area (Å²) >= 11 is 0. The first-order valence-electron chi connectivity index (χ1n) is 7.53. The van der Waals surface area contributed by atoms with Crippen molar-refractivity contribution >= 4 is 0 Å². The van der Waals surface area contributed by atoms with Crippen molar-refractivity contribution < 1.29 is 4.57 Å². The Labute approximate surface area is 113 Å². The van der Waals surface area contributed by atoms with Gasteiger partial charge in [-0.2, -0.15) is 0 Å². The van der Waals surface area contributed by atoms with E-state index in [4.69, 9.17) is 0 Å². The summed E-state index contributed by atoms with van der Waals surface area (Å²) in [6.07, 6.45) is 8.32. The lowest BCUT2D eigenvalue weighted by Crippen LogP contribution is -2.32. The van der Waals surface area contributed by atoms with Crippen molar-refractivity contribution in [2.24, 2.45) is 11.8 Å². The highest BCUT2D eigenvalue weighted by atomic mass is 14.9. The molecule has 0 bridgehead atoms. The molecule has 0 saturated heterocycles. The second kappa shape index (κ2) is 7.56. The van der Waals surface area contributed by atoms with E-state index in [0.717, 1.165) is 18.4 Å². The van der Waals surface area contributed by atoms with Crippen LogP contribution in [0.1, 0.15) is 65.4 Å². The van der Waals surface area contributed by atoms with E-state index in [0.29, 0.717) is 5.92 Å². The number of aromatic nitrogens is 1. The van der Waals surface area contributed by atoms with Gasteiger partial charge in [-0.15, -0.1) is 0 Å². The van der Waals surface area contributed by atoms with Gasteiger partial charge in [-0.25, -0.2) is 4.57 Å². The van der Waals surface area contributed by atoms with E-state index in [9.17, 15) is 0 Å². The Bertz CT molecular complexity index is 324. The number of nitrogens with zero attached hydrogens (tertiary/aromatic N) is 1. The third-order valence-corrected chi connectivity index (χ3v) is 3.65. The van der Waals surface area contributed by atoms with Crippen LogP contribution in [-0.4, -0.2) is 0 Å². The van der Waals surface area contributed by atoms with Crippen LogP contribution in [-0.2, 0) is 6.54 Å². The first-order valence-corrected chi connectivity index (χ1v) is 7.53. The molecule has 0 amide bonds. The van der Waals surface area contributed by atoms with Gasteiger partial charge in [0.05, 0.1) is 0 Å². The Morgan fingerprint density at radius 3 is 2.11 bits per heavy atom. The molecule has 0 radical (unpaired) electrons. The third-order valence-electron chi connectivity index (χ3n) is 3.65. The van der Waals surface area contributed by atoms with Crippen molar-refractivity contribution in [2.75, 3.05) is 0 Å². The Balaban J connectivity index is 2.74. The molecule has 0 fully saturated rings. The summed E-state index contributed by atoms with van der Waals surface area (Å²) in [5.41, 5.74) is 1.51. The fourth-order valence-electron chi connectivity index (χ4n) is 2.51. The minimum atomic E-state index is 0.700. The quantitative estimate of drug-likeness (QED) is 0.623. The van der Waals surface area contributed by atoms with Crippen molar-refractivity contribution in [1.29, 1.82) is 0 Å². The van der Waals surface area contributed by atoms with Crippen molar-refractivity contribution in [3.8, 4) is 0 Å². The topological polar surface area (TPSA) is 3.88 Å². The highest BCUT2D eigenvalue weighted by molar-refractivity contribution is 5.14. The smallest absolute Gasteiger partial charge is 0.169 e. The lowest BCUT2D eigenvalue weighted by atomic mass is 9.83. The van der Waals surface area contributed by atoms with Crippen LogP contribution in [0.5, 0.6) is 0 Å². The molecule has 0 aliphatic rings. The van der Waals surface area contributed by atoms with Gasteiger partial charge in [0.1, 0.15) is 6.54 Å². The first-order chi connectivity index (χ1) is 8.54. The van der Waals surface area contributed by atoms with Crippen molar-refractivity contribution in [2.45, 2.75) is 66.3 Å². The molecule has 0 spiro atoms. The van der Waals surface area contributed by atoms with E-state index in [-0.39, 0.29) is 0 Å². The van der Waals surface area contributed by atoms with Gasteiger partial charge in [-0.1, -0.05) is 41.0 Å². The summed E-state index contributed by atoms with van der Waals surface area (Å²) in [6, 6.07) is 4.64. The van der Waals surface area contributed by atoms with Gasteiger partial charge in [0, 0.05) is 18.6 Å². The molecule has 102 valence electrons. The van der Waals surface area contributed by atoms with Gasteiger partial charge in [0.25, 0.3) is 0 Å². The number of aryl methyl sites for hydroxylation is 1. The Kier molecular flexibility index (Phi) is 6.38. The van der Waals surface area contributed by atoms with Crippen molar-refractivity contribution in [3.05, 3.63) is 30.1 Å². The van der Waals surface area contributed by atoms with E-state index < -0.39 is 0 Å². The van der Waals surface area contributed by atoms with Crippen LogP contribution < -0.4 is 4.57 Å². The van der Waals surface area contributed by atoms with Crippen molar-refractivity contribution in [1.82, 2.24) is 0 Å². The minimum absolute atomic E-state index is 0.700. The Morgan fingerprint density at radius 1 is 1.06 bits per heavy atom. The second-order valence-electron chi connectivity index (χ2n) is 6.20. The Hall–Kier alpha value is -0.850. The molecule has 1 heteroatoms. The molecule has 0 aromatic carbocycles. The summed E-state index contributed by atoms with van der Waals surface area (Å²) in [5.74, 6) is 2.19. The maximum Gasteiger partial charge on any atom is 0.169 e. The van der Waals surface area contributed by atoms with Gasteiger partial charge in [0.2, 0.25) is 0 Å². The molecule has 1 aromatic rings. The molecular formula is C17H30N+. The van der Waals surface area contributed by atoms with Gasteiger partial charge in [-0.05, 0) is 29.7 Å². The summed E-state index contributed by atoms with van der Waals surface area (Å²) in [7, 11) is 0. The number of rotatable bonds is 7. The molecule has 0 saturated carbocycles. The number of hydrogen-bond donors (Lipinski definition) is 0. The standard InChI is InChI=1S/C17H30N/c1-6-7-10-18-11-8-16(9-12-18)17(15(4)5)13-14(2)3/h8-9,11-12,14-15,17H,6-7,10,13H2,1-5H3/q+1. The molecule has 0 aliphatic carbocycles. The first kappa shape index (κ1) is 15.2. The normalized spacial score (nSPS) is 13.3. The fourth-order valence-corrected chi connectivity index (χ4v) is 2.51. The zero-order valence-electron chi connectivity index (χ0n) is 12.8. The van der Waals surface area contributed by atoms with Gasteiger partial charge >= 0.3 is 0 Å². The van der Waals surface area contributed by atoms with Crippen LogP contribution >= 0.6 is 0 Å². The van der Waals surface area contributed by atoms with Crippen LogP contribution in [0.4, 0.5) is 0 Å². The fraction of sp³-hybridized carbons (Fsp3) is 0.706. The molecule has 0 N–H and O–H groups in total. The third kappa shape index (κ3) is 4.80. The number of hydrogen-bond acceptors (Lipinski definition) is 0. The summed E-state index contributed by atoms with van der Waals surface area (Å²) in [4.78, 5) is 0. The summed E-state index contributed by atoms with van der Waals surface area (Å²) in [6.45, 7) is 12.7. The minimum Gasteiger partial charge on any atom is -0.205 e. The Morgan fingerprint density at radius 2 is 1.67 bits per heavy atom. The zero-order valence-corrected chi connectivity index (χ0v) is 12.8. The summed E-state index contributed by atoms with van der Waals surface area (Å²) in [5, 5.41) is 0. The van der Waals surface area contributed by atoms with Crippen LogP contribution in [0, 0.1) is 11.8 Å². The lowest BCUT2D eigenvalue weighted by molar-refractivity contribution is -0.697.